The third kappa shape index (κ3) is 7.30. The first-order chi connectivity index (χ1) is 17.5. The fraction of sp³-hybridized carbons (Fsp3) is 0.259. The second-order valence-corrected chi connectivity index (χ2v) is 11.0. The average Bonchev–Trinajstić information content (AvgIpc) is 2.85. The number of nitrogens with zero attached hydrogens (tertiary/aromatic N) is 2. The number of rotatable bonds is 10. The number of carbonyl (C=O) groups is 2. The van der Waals surface area contributed by atoms with Gasteiger partial charge < -0.3 is 10.2 Å². The van der Waals surface area contributed by atoms with Gasteiger partial charge in [-0.2, -0.15) is 0 Å². The highest BCUT2D eigenvalue weighted by Gasteiger charge is 2.33. The number of halogens is 2. The first kappa shape index (κ1) is 28.1. The fourth-order valence-corrected chi connectivity index (χ4v) is 5.16. The van der Waals surface area contributed by atoms with E-state index in [1.807, 2.05) is 30.3 Å². The minimum absolute atomic E-state index is 0.152. The van der Waals surface area contributed by atoms with Crippen molar-refractivity contribution in [3.8, 4) is 0 Å². The molecule has 0 bridgehead atoms. The highest BCUT2D eigenvalue weighted by molar-refractivity contribution is 7.92. The molecule has 0 aliphatic carbocycles. The first-order valence-corrected chi connectivity index (χ1v) is 13.8. The van der Waals surface area contributed by atoms with Crippen molar-refractivity contribution in [3.63, 3.8) is 0 Å². The van der Waals surface area contributed by atoms with Crippen molar-refractivity contribution in [3.05, 3.63) is 100 Å². The first-order valence-electron chi connectivity index (χ1n) is 11.5. The van der Waals surface area contributed by atoms with E-state index in [0.717, 1.165) is 16.1 Å². The molecule has 2 amide bonds. The Morgan fingerprint density at radius 1 is 1.03 bits per heavy atom. The van der Waals surface area contributed by atoms with Gasteiger partial charge in [-0.1, -0.05) is 60.1 Å². The normalized spacial score (nSPS) is 12.0. The second kappa shape index (κ2) is 12.2. The molecule has 0 radical (unpaired) electrons. The lowest BCUT2D eigenvalue weighted by molar-refractivity contribution is -0.139. The highest BCUT2D eigenvalue weighted by Crippen LogP contribution is 2.26. The van der Waals surface area contributed by atoms with Crippen molar-refractivity contribution < 1.29 is 22.4 Å². The number of amides is 2. The van der Waals surface area contributed by atoms with E-state index >= 15 is 0 Å². The number of benzene rings is 3. The average molecular weight is 546 g/mol. The summed E-state index contributed by atoms with van der Waals surface area (Å²) in [6.45, 7) is 0.870. The van der Waals surface area contributed by atoms with Gasteiger partial charge in [0, 0.05) is 30.6 Å². The van der Waals surface area contributed by atoms with Crippen LogP contribution in [0.25, 0.3) is 0 Å². The zero-order chi connectivity index (χ0) is 27.2. The molecule has 10 heteroatoms. The maximum absolute atomic E-state index is 14.6. The van der Waals surface area contributed by atoms with Gasteiger partial charge in [-0.25, -0.2) is 12.8 Å². The number of nitrogens with one attached hydrogen (secondary N) is 1. The SMILES string of the molecule is CNC(=O)[C@@H](Cc1ccccc1)N(Cc1ccccc1F)C(=O)CN(c1ccc(Cl)cc1C)S(C)(=O)=O. The van der Waals surface area contributed by atoms with Crippen molar-refractivity contribution in [2.24, 2.45) is 0 Å². The summed E-state index contributed by atoms with van der Waals surface area (Å²) >= 11 is 6.04. The molecule has 0 aromatic heterocycles. The van der Waals surface area contributed by atoms with Gasteiger partial charge in [0.1, 0.15) is 18.4 Å². The molecule has 0 spiro atoms. The Kier molecular flexibility index (Phi) is 9.29. The smallest absolute Gasteiger partial charge is 0.244 e. The largest absolute Gasteiger partial charge is 0.357 e. The maximum atomic E-state index is 14.6. The van der Waals surface area contributed by atoms with Crippen LogP contribution >= 0.6 is 11.6 Å². The van der Waals surface area contributed by atoms with Gasteiger partial charge in [-0.3, -0.25) is 13.9 Å². The summed E-state index contributed by atoms with van der Waals surface area (Å²) in [5, 5.41) is 3.00. The van der Waals surface area contributed by atoms with E-state index in [1.165, 1.54) is 42.3 Å². The Balaban J connectivity index is 2.06. The van der Waals surface area contributed by atoms with Gasteiger partial charge in [0.25, 0.3) is 0 Å². The molecule has 3 rings (SSSR count). The maximum Gasteiger partial charge on any atom is 0.244 e. The van der Waals surface area contributed by atoms with E-state index in [0.29, 0.717) is 10.6 Å². The molecule has 0 saturated carbocycles. The highest BCUT2D eigenvalue weighted by atomic mass is 35.5. The number of sulfonamides is 1. The minimum atomic E-state index is -3.91. The van der Waals surface area contributed by atoms with E-state index in [2.05, 4.69) is 5.32 Å². The molecule has 196 valence electrons. The van der Waals surface area contributed by atoms with Crippen molar-refractivity contribution in [1.29, 1.82) is 0 Å². The number of hydrogen-bond acceptors (Lipinski definition) is 4. The van der Waals surface area contributed by atoms with E-state index in [-0.39, 0.29) is 24.2 Å². The summed E-state index contributed by atoms with van der Waals surface area (Å²) in [6.07, 6.45) is 1.15. The summed E-state index contributed by atoms with van der Waals surface area (Å²) in [5.74, 6) is -1.65. The van der Waals surface area contributed by atoms with Crippen LogP contribution < -0.4 is 9.62 Å². The zero-order valence-electron chi connectivity index (χ0n) is 20.8. The summed E-state index contributed by atoms with van der Waals surface area (Å²) in [7, 11) is -2.45. The van der Waals surface area contributed by atoms with Crippen molar-refractivity contribution in [2.45, 2.75) is 25.9 Å². The monoisotopic (exact) mass is 545 g/mol. The zero-order valence-corrected chi connectivity index (χ0v) is 22.4. The van der Waals surface area contributed by atoms with Gasteiger partial charge >= 0.3 is 0 Å². The molecular formula is C27H29ClFN3O4S. The van der Waals surface area contributed by atoms with Crippen LogP contribution in [-0.4, -0.2) is 51.0 Å². The van der Waals surface area contributed by atoms with Crippen molar-refractivity contribution in [2.75, 3.05) is 24.2 Å². The Morgan fingerprint density at radius 2 is 1.68 bits per heavy atom. The molecule has 0 aliphatic heterocycles. The number of anilines is 1. The van der Waals surface area contributed by atoms with Crippen LogP contribution in [0.1, 0.15) is 16.7 Å². The molecule has 0 aliphatic rings. The molecule has 0 unspecified atom stereocenters. The van der Waals surface area contributed by atoms with Crippen molar-refractivity contribution in [1.82, 2.24) is 10.2 Å². The quantitative estimate of drug-likeness (QED) is 0.418. The molecule has 0 fully saturated rings. The van der Waals surface area contributed by atoms with E-state index in [4.69, 9.17) is 11.6 Å². The number of aryl methyl sites for hydroxylation is 1. The molecule has 3 aromatic carbocycles. The summed E-state index contributed by atoms with van der Waals surface area (Å²) in [5.41, 5.74) is 1.83. The standard InChI is InChI=1S/C27H29ClFN3O4S/c1-19-15-22(28)13-14-24(19)32(37(3,35)36)18-26(33)31(17-21-11-7-8-12-23(21)29)25(27(34)30-2)16-20-9-5-4-6-10-20/h4-15,25H,16-18H2,1-3H3,(H,30,34)/t25-/m1/s1. The van der Waals surface area contributed by atoms with Gasteiger partial charge in [0.05, 0.1) is 11.9 Å². The topological polar surface area (TPSA) is 86.8 Å². The molecule has 0 saturated heterocycles. The van der Waals surface area contributed by atoms with Crippen LogP contribution in [0.5, 0.6) is 0 Å². The predicted octanol–water partition coefficient (Wildman–Crippen LogP) is 3.94. The second-order valence-electron chi connectivity index (χ2n) is 8.63. The molecule has 7 nitrogen and oxygen atoms in total. The lowest BCUT2D eigenvalue weighted by Gasteiger charge is -2.33. The lowest BCUT2D eigenvalue weighted by atomic mass is 10.0. The van der Waals surface area contributed by atoms with Crippen LogP contribution in [-0.2, 0) is 32.6 Å². The Labute approximate surface area is 221 Å². The summed E-state index contributed by atoms with van der Waals surface area (Å²) < 4.78 is 41.2. The Bertz CT molecular complexity index is 1370. The summed E-state index contributed by atoms with van der Waals surface area (Å²) in [4.78, 5) is 28.1. The van der Waals surface area contributed by atoms with Crippen LogP contribution in [0, 0.1) is 12.7 Å². The molecule has 37 heavy (non-hydrogen) atoms. The van der Waals surface area contributed by atoms with Crippen LogP contribution in [0.15, 0.2) is 72.8 Å². The van der Waals surface area contributed by atoms with E-state index in [9.17, 15) is 22.4 Å². The number of likely N-dealkylation sites (N-methyl/N-ethyl adjacent to an activating group) is 1. The molecular weight excluding hydrogens is 517 g/mol. The minimum Gasteiger partial charge on any atom is -0.357 e. The number of hydrogen-bond donors (Lipinski definition) is 1. The molecule has 0 heterocycles. The summed E-state index contributed by atoms with van der Waals surface area (Å²) in [6, 6.07) is 18.7. The van der Waals surface area contributed by atoms with E-state index in [1.54, 1.807) is 19.1 Å². The van der Waals surface area contributed by atoms with Crippen LogP contribution in [0.2, 0.25) is 5.02 Å². The number of carbonyl (C=O) groups excluding carboxylic acids is 2. The predicted molar refractivity (Wildman–Crippen MR) is 143 cm³/mol. The Hall–Kier alpha value is -3.43. The molecule has 3 aromatic rings. The van der Waals surface area contributed by atoms with Crippen molar-refractivity contribution >= 4 is 39.1 Å². The van der Waals surface area contributed by atoms with E-state index < -0.39 is 40.2 Å². The van der Waals surface area contributed by atoms with Gasteiger partial charge in [0.2, 0.25) is 21.8 Å². The third-order valence-electron chi connectivity index (χ3n) is 5.92. The molecule has 1 N–H and O–H groups in total. The van der Waals surface area contributed by atoms with Gasteiger partial charge in [0.15, 0.2) is 0 Å². The Morgan fingerprint density at radius 3 is 2.27 bits per heavy atom. The molecule has 1 atom stereocenters. The van der Waals surface area contributed by atoms with Gasteiger partial charge in [-0.05, 0) is 42.3 Å². The lowest BCUT2D eigenvalue weighted by Crippen LogP contribution is -2.53. The van der Waals surface area contributed by atoms with Gasteiger partial charge in [-0.15, -0.1) is 0 Å². The third-order valence-corrected chi connectivity index (χ3v) is 7.28. The van der Waals surface area contributed by atoms with Crippen LogP contribution in [0.3, 0.4) is 0 Å². The fourth-order valence-electron chi connectivity index (χ4n) is 4.02. The van der Waals surface area contributed by atoms with Crippen LogP contribution in [0.4, 0.5) is 10.1 Å².